The molecule has 0 aliphatic heterocycles. The van der Waals surface area contributed by atoms with Gasteiger partial charge in [-0.15, -0.1) is 0 Å². The Kier molecular flexibility index (Phi) is 5.88. The van der Waals surface area contributed by atoms with Crippen molar-refractivity contribution >= 4 is 43.9 Å². The van der Waals surface area contributed by atoms with Crippen molar-refractivity contribution in [3.05, 3.63) is 157 Å². The van der Waals surface area contributed by atoms with Crippen LogP contribution in [-0.4, -0.2) is 0 Å². The van der Waals surface area contributed by atoms with E-state index in [2.05, 4.69) is 97.1 Å². The van der Waals surface area contributed by atoms with Crippen LogP contribution in [0, 0.1) is 11.3 Å². The summed E-state index contributed by atoms with van der Waals surface area (Å²) in [5.74, 6) is 0. The maximum Gasteiger partial charge on any atom is 0.143 e. The molecule has 2 heterocycles. The maximum atomic E-state index is 9.98. The van der Waals surface area contributed by atoms with Crippen molar-refractivity contribution in [1.29, 1.82) is 5.26 Å². The molecule has 0 amide bonds. The van der Waals surface area contributed by atoms with E-state index in [0.29, 0.717) is 5.56 Å². The van der Waals surface area contributed by atoms with E-state index in [1.807, 2.05) is 60.7 Å². The number of furan rings is 2. The minimum Gasteiger partial charge on any atom is -0.456 e. The summed E-state index contributed by atoms with van der Waals surface area (Å²) >= 11 is 0. The third-order valence-corrected chi connectivity index (χ3v) is 8.94. The standard InChI is InChI=1S/C43H25NO2/c44-26-27-11-1-2-12-31(27)35-14-4-3-13-32(35)28-23-29(33-17-10-22-41-42(33)38-16-6-8-21-40(38)45-41)25-30(24-28)34-18-9-19-37-36-15-5-7-20-39(36)46-43(34)37/h1-25H. The Morgan fingerprint density at radius 2 is 0.913 bits per heavy atom. The van der Waals surface area contributed by atoms with Gasteiger partial charge in [0.05, 0.1) is 11.6 Å². The molecular formula is C43H25NO2. The van der Waals surface area contributed by atoms with Crippen LogP contribution in [-0.2, 0) is 0 Å². The van der Waals surface area contributed by atoms with Crippen molar-refractivity contribution in [2.75, 3.05) is 0 Å². The van der Waals surface area contributed by atoms with Gasteiger partial charge in [0.1, 0.15) is 22.3 Å². The molecule has 46 heavy (non-hydrogen) atoms. The molecule has 0 bridgehead atoms. The van der Waals surface area contributed by atoms with Gasteiger partial charge in [-0.1, -0.05) is 109 Å². The lowest BCUT2D eigenvalue weighted by atomic mass is 9.87. The molecule has 0 aliphatic rings. The molecule has 9 aromatic rings. The first-order chi connectivity index (χ1) is 22.8. The van der Waals surface area contributed by atoms with Gasteiger partial charge in [-0.25, -0.2) is 0 Å². The highest BCUT2D eigenvalue weighted by atomic mass is 16.3. The summed E-state index contributed by atoms with van der Waals surface area (Å²) in [5.41, 5.74) is 12.4. The zero-order valence-corrected chi connectivity index (χ0v) is 24.7. The number of fused-ring (bicyclic) bond motifs is 6. The van der Waals surface area contributed by atoms with E-state index < -0.39 is 0 Å². The number of hydrogen-bond acceptors (Lipinski definition) is 3. The Balaban J connectivity index is 1.36. The number of benzene rings is 7. The number of nitriles is 1. The molecule has 0 saturated carbocycles. The smallest absolute Gasteiger partial charge is 0.143 e. The van der Waals surface area contributed by atoms with Crippen LogP contribution in [0.5, 0.6) is 0 Å². The number of nitrogens with zero attached hydrogens (tertiary/aromatic N) is 1. The van der Waals surface area contributed by atoms with Gasteiger partial charge in [-0.05, 0) is 75.8 Å². The largest absolute Gasteiger partial charge is 0.456 e. The van der Waals surface area contributed by atoms with Crippen LogP contribution in [0.4, 0.5) is 0 Å². The lowest BCUT2D eigenvalue weighted by Gasteiger charge is -2.16. The summed E-state index contributed by atoms with van der Waals surface area (Å²) < 4.78 is 12.8. The molecule has 7 aromatic carbocycles. The second kappa shape index (κ2) is 10.4. The quantitative estimate of drug-likeness (QED) is 0.206. The second-order valence-corrected chi connectivity index (χ2v) is 11.6. The third-order valence-electron chi connectivity index (χ3n) is 8.94. The third kappa shape index (κ3) is 4.05. The molecule has 9 rings (SSSR count). The van der Waals surface area contributed by atoms with Crippen molar-refractivity contribution in [3.63, 3.8) is 0 Å². The Morgan fingerprint density at radius 3 is 1.72 bits per heavy atom. The van der Waals surface area contributed by atoms with Crippen LogP contribution in [0.3, 0.4) is 0 Å². The van der Waals surface area contributed by atoms with E-state index in [-0.39, 0.29) is 0 Å². The molecule has 2 aromatic heterocycles. The van der Waals surface area contributed by atoms with Gasteiger partial charge >= 0.3 is 0 Å². The molecule has 214 valence electrons. The summed E-state index contributed by atoms with van der Waals surface area (Å²) in [5, 5.41) is 14.3. The van der Waals surface area contributed by atoms with E-state index in [4.69, 9.17) is 8.83 Å². The number of rotatable bonds is 4. The average molecular weight is 588 g/mol. The first-order valence-electron chi connectivity index (χ1n) is 15.3. The summed E-state index contributed by atoms with van der Waals surface area (Å²) in [6, 6.07) is 54.3. The van der Waals surface area contributed by atoms with Crippen LogP contribution in [0.1, 0.15) is 5.56 Å². The Labute approximate surface area is 265 Å². The minimum absolute atomic E-state index is 0.646. The van der Waals surface area contributed by atoms with Crippen LogP contribution in [0.15, 0.2) is 160 Å². The van der Waals surface area contributed by atoms with Gasteiger partial charge in [0.25, 0.3) is 0 Å². The van der Waals surface area contributed by atoms with E-state index in [9.17, 15) is 5.26 Å². The average Bonchev–Trinajstić information content (AvgIpc) is 3.70. The van der Waals surface area contributed by atoms with E-state index in [1.165, 1.54) is 0 Å². The minimum atomic E-state index is 0.646. The molecule has 0 spiro atoms. The normalized spacial score (nSPS) is 11.5. The second-order valence-electron chi connectivity index (χ2n) is 11.6. The van der Waals surface area contributed by atoms with Gasteiger partial charge < -0.3 is 8.83 Å². The molecule has 3 heteroatoms. The van der Waals surface area contributed by atoms with Crippen LogP contribution < -0.4 is 0 Å². The number of para-hydroxylation sites is 3. The van der Waals surface area contributed by atoms with Crippen molar-refractivity contribution in [3.8, 4) is 50.6 Å². The van der Waals surface area contributed by atoms with Gasteiger partial charge in [-0.2, -0.15) is 5.26 Å². The van der Waals surface area contributed by atoms with Gasteiger partial charge in [0.2, 0.25) is 0 Å². The predicted molar refractivity (Wildman–Crippen MR) is 187 cm³/mol. The Morgan fingerprint density at radius 1 is 0.391 bits per heavy atom. The SMILES string of the molecule is N#Cc1ccccc1-c1ccccc1-c1cc(-c2cccc3c2oc2ccccc23)cc(-c2cccc3oc4ccccc4c23)c1. The molecule has 0 aliphatic carbocycles. The fourth-order valence-electron chi connectivity index (χ4n) is 6.87. The van der Waals surface area contributed by atoms with Gasteiger partial charge in [-0.3, -0.25) is 0 Å². The van der Waals surface area contributed by atoms with Gasteiger partial charge in [0.15, 0.2) is 0 Å². The van der Waals surface area contributed by atoms with E-state index >= 15 is 0 Å². The Hall–Kier alpha value is -6.37. The zero-order chi connectivity index (χ0) is 30.6. The summed E-state index contributed by atoms with van der Waals surface area (Å²) in [6.07, 6.45) is 0. The van der Waals surface area contributed by atoms with Crippen LogP contribution in [0.2, 0.25) is 0 Å². The van der Waals surface area contributed by atoms with E-state index in [1.54, 1.807) is 0 Å². The predicted octanol–water partition coefficient (Wildman–Crippen LogP) is 12.0. The first kappa shape index (κ1) is 26.1. The Bertz CT molecular complexity index is 2670. The molecule has 0 fully saturated rings. The maximum absolute atomic E-state index is 9.98. The van der Waals surface area contributed by atoms with Crippen LogP contribution >= 0.6 is 0 Å². The van der Waals surface area contributed by atoms with E-state index in [0.717, 1.165) is 88.4 Å². The zero-order valence-electron chi connectivity index (χ0n) is 24.7. The fraction of sp³-hybridized carbons (Fsp3) is 0. The molecule has 0 N–H and O–H groups in total. The molecule has 0 saturated heterocycles. The molecule has 3 nitrogen and oxygen atoms in total. The topological polar surface area (TPSA) is 50.1 Å². The summed E-state index contributed by atoms with van der Waals surface area (Å²) in [6.45, 7) is 0. The highest BCUT2D eigenvalue weighted by molar-refractivity contribution is 6.13. The lowest BCUT2D eigenvalue weighted by Crippen LogP contribution is -1.91. The fourth-order valence-corrected chi connectivity index (χ4v) is 6.87. The summed E-state index contributed by atoms with van der Waals surface area (Å²) in [7, 11) is 0. The number of hydrogen-bond donors (Lipinski definition) is 0. The van der Waals surface area contributed by atoms with Crippen molar-refractivity contribution in [1.82, 2.24) is 0 Å². The van der Waals surface area contributed by atoms with Crippen molar-refractivity contribution in [2.24, 2.45) is 0 Å². The first-order valence-corrected chi connectivity index (χ1v) is 15.3. The highest BCUT2D eigenvalue weighted by Gasteiger charge is 2.18. The van der Waals surface area contributed by atoms with Crippen molar-refractivity contribution < 1.29 is 8.83 Å². The molecule has 0 unspecified atom stereocenters. The highest BCUT2D eigenvalue weighted by Crippen LogP contribution is 2.43. The monoisotopic (exact) mass is 587 g/mol. The van der Waals surface area contributed by atoms with Crippen molar-refractivity contribution in [2.45, 2.75) is 0 Å². The van der Waals surface area contributed by atoms with Crippen LogP contribution in [0.25, 0.3) is 88.4 Å². The molecule has 0 atom stereocenters. The molecule has 0 radical (unpaired) electrons. The summed E-state index contributed by atoms with van der Waals surface area (Å²) in [4.78, 5) is 0. The van der Waals surface area contributed by atoms with Gasteiger partial charge in [0, 0.05) is 32.7 Å². The molecular weight excluding hydrogens is 562 g/mol. The lowest BCUT2D eigenvalue weighted by molar-refractivity contribution is 0.669.